The zero-order valence-electron chi connectivity index (χ0n) is 19.0. The number of carbonyl (C=O) groups is 1. The highest BCUT2D eigenvalue weighted by Crippen LogP contribution is 2.46. The first-order valence-corrected chi connectivity index (χ1v) is 12.0. The molecule has 1 spiro atoms. The third-order valence-corrected chi connectivity index (χ3v) is 7.35. The van der Waals surface area contributed by atoms with Crippen LogP contribution in [0.25, 0.3) is 0 Å². The Kier molecular flexibility index (Phi) is 6.09. The van der Waals surface area contributed by atoms with E-state index in [4.69, 9.17) is 9.47 Å². The number of nitrogens with zero attached hydrogens (tertiary/aromatic N) is 1. The van der Waals surface area contributed by atoms with Gasteiger partial charge in [0.1, 0.15) is 17.1 Å². The molecule has 1 atom stereocenters. The normalized spacial score (nSPS) is 22.1. The topological polar surface area (TPSA) is 50.8 Å². The number of benzene rings is 2. The van der Waals surface area contributed by atoms with Crippen molar-refractivity contribution in [3.63, 3.8) is 0 Å². The molecule has 0 radical (unpaired) electrons. The molecular weight excluding hydrogens is 400 g/mol. The highest BCUT2D eigenvalue weighted by atomic mass is 16.5. The average molecular weight is 435 g/mol. The second kappa shape index (κ2) is 9.14. The van der Waals surface area contributed by atoms with Crippen LogP contribution >= 0.6 is 0 Å². The van der Waals surface area contributed by atoms with Crippen molar-refractivity contribution in [1.82, 2.24) is 10.2 Å². The van der Waals surface area contributed by atoms with Gasteiger partial charge in [-0.05, 0) is 67.3 Å². The van der Waals surface area contributed by atoms with Crippen molar-refractivity contribution in [3.8, 4) is 11.5 Å². The van der Waals surface area contributed by atoms with E-state index in [2.05, 4.69) is 40.5 Å². The molecule has 0 bridgehead atoms. The summed E-state index contributed by atoms with van der Waals surface area (Å²) >= 11 is 0. The van der Waals surface area contributed by atoms with Crippen LogP contribution in [0.2, 0.25) is 0 Å². The lowest BCUT2D eigenvalue weighted by atomic mass is 9.76. The molecule has 3 aliphatic rings. The van der Waals surface area contributed by atoms with Crippen molar-refractivity contribution >= 4 is 5.91 Å². The zero-order valence-corrected chi connectivity index (χ0v) is 19.0. The van der Waals surface area contributed by atoms with Crippen molar-refractivity contribution in [2.45, 2.75) is 56.6 Å². The number of rotatable bonds is 7. The van der Waals surface area contributed by atoms with Gasteiger partial charge in [-0.3, -0.25) is 9.69 Å². The van der Waals surface area contributed by atoms with Crippen LogP contribution in [-0.4, -0.2) is 43.2 Å². The molecule has 1 aliphatic carbocycles. The largest absolute Gasteiger partial charge is 0.497 e. The lowest BCUT2D eigenvalue weighted by molar-refractivity contribution is -0.122. The standard InChI is InChI=1S/C27H34N2O3/c1-31-23-10-8-21(9-11-23)19-29-14-12-27(13-15-29)17-22(16-26(30)28-18-20-6-7-20)24-4-2-3-5-25(24)32-27/h2-5,8-11,20,22H,6-7,12-19H2,1H3,(H,28,30). The number of hydrogen-bond donors (Lipinski definition) is 1. The molecule has 5 heteroatoms. The number of fused-ring (bicyclic) bond motifs is 1. The maximum atomic E-state index is 12.7. The molecule has 1 N–H and O–H groups in total. The second-order valence-electron chi connectivity index (χ2n) is 9.80. The van der Waals surface area contributed by atoms with Crippen molar-refractivity contribution in [2.24, 2.45) is 5.92 Å². The van der Waals surface area contributed by atoms with E-state index in [0.29, 0.717) is 12.3 Å². The van der Waals surface area contributed by atoms with Gasteiger partial charge in [-0.25, -0.2) is 0 Å². The number of likely N-dealkylation sites (tertiary alicyclic amines) is 1. The molecule has 2 fully saturated rings. The molecule has 1 unspecified atom stereocenters. The Bertz CT molecular complexity index is 930. The van der Waals surface area contributed by atoms with Gasteiger partial charge < -0.3 is 14.8 Å². The summed E-state index contributed by atoms with van der Waals surface area (Å²) in [5, 5.41) is 3.16. The van der Waals surface area contributed by atoms with Crippen molar-refractivity contribution < 1.29 is 14.3 Å². The van der Waals surface area contributed by atoms with Gasteiger partial charge in [0.15, 0.2) is 0 Å². The van der Waals surface area contributed by atoms with Crippen LogP contribution in [0.3, 0.4) is 0 Å². The molecule has 5 rings (SSSR count). The lowest BCUT2D eigenvalue weighted by Gasteiger charge is -2.47. The van der Waals surface area contributed by atoms with E-state index in [1.54, 1.807) is 7.11 Å². The van der Waals surface area contributed by atoms with Crippen LogP contribution in [0.1, 0.15) is 55.6 Å². The number of para-hydroxylation sites is 1. The second-order valence-corrected chi connectivity index (χ2v) is 9.80. The number of piperidine rings is 1. The molecule has 32 heavy (non-hydrogen) atoms. The molecule has 1 amide bonds. The fourth-order valence-electron chi connectivity index (χ4n) is 5.22. The number of nitrogens with one attached hydrogen (secondary N) is 1. The smallest absolute Gasteiger partial charge is 0.220 e. The van der Waals surface area contributed by atoms with Crippen LogP contribution in [0.4, 0.5) is 0 Å². The highest BCUT2D eigenvalue weighted by molar-refractivity contribution is 5.77. The molecule has 2 aliphatic heterocycles. The monoisotopic (exact) mass is 434 g/mol. The van der Waals surface area contributed by atoms with E-state index in [1.165, 1.54) is 24.0 Å². The summed E-state index contributed by atoms with van der Waals surface area (Å²) in [5.74, 6) is 3.00. The molecule has 1 saturated heterocycles. The summed E-state index contributed by atoms with van der Waals surface area (Å²) in [6.45, 7) is 3.81. The fourth-order valence-corrected chi connectivity index (χ4v) is 5.22. The van der Waals surface area contributed by atoms with Crippen molar-refractivity contribution in [2.75, 3.05) is 26.7 Å². The third kappa shape index (κ3) is 4.93. The molecule has 2 aromatic carbocycles. The minimum Gasteiger partial charge on any atom is -0.497 e. The van der Waals surface area contributed by atoms with E-state index in [0.717, 1.165) is 56.9 Å². The Balaban J connectivity index is 1.22. The SMILES string of the molecule is COc1ccc(CN2CCC3(CC2)CC(CC(=O)NCC2CC2)c2ccccc2O3)cc1. The number of ether oxygens (including phenoxy) is 2. The highest BCUT2D eigenvalue weighted by Gasteiger charge is 2.43. The Hall–Kier alpha value is -2.53. The van der Waals surface area contributed by atoms with Gasteiger partial charge in [-0.2, -0.15) is 0 Å². The Morgan fingerprint density at radius 3 is 2.59 bits per heavy atom. The third-order valence-electron chi connectivity index (χ3n) is 7.35. The first kappa shape index (κ1) is 21.3. The Labute approximate surface area is 191 Å². The summed E-state index contributed by atoms with van der Waals surface area (Å²) in [5.41, 5.74) is 2.34. The first-order valence-electron chi connectivity index (χ1n) is 12.0. The molecule has 0 aromatic heterocycles. The Morgan fingerprint density at radius 2 is 1.88 bits per heavy atom. The van der Waals surface area contributed by atoms with Crippen LogP contribution in [0.15, 0.2) is 48.5 Å². The number of amides is 1. The summed E-state index contributed by atoms with van der Waals surface area (Å²) < 4.78 is 11.9. The molecule has 1 saturated carbocycles. The lowest BCUT2D eigenvalue weighted by Crippen LogP contribution is -2.50. The fraction of sp³-hybridized carbons (Fsp3) is 0.519. The summed E-state index contributed by atoms with van der Waals surface area (Å²) in [7, 11) is 1.70. The molecule has 2 heterocycles. The number of carbonyl (C=O) groups excluding carboxylic acids is 1. The van der Waals surface area contributed by atoms with E-state index in [9.17, 15) is 4.79 Å². The van der Waals surface area contributed by atoms with Crippen LogP contribution in [0, 0.1) is 5.92 Å². The first-order chi connectivity index (χ1) is 15.6. The van der Waals surface area contributed by atoms with Gasteiger partial charge in [0.2, 0.25) is 5.91 Å². The van der Waals surface area contributed by atoms with Crippen LogP contribution < -0.4 is 14.8 Å². The maximum Gasteiger partial charge on any atom is 0.220 e. The summed E-state index contributed by atoms with van der Waals surface area (Å²) in [4.78, 5) is 15.2. The minimum absolute atomic E-state index is 0.161. The van der Waals surface area contributed by atoms with E-state index >= 15 is 0 Å². The van der Waals surface area contributed by atoms with Crippen molar-refractivity contribution in [1.29, 1.82) is 0 Å². The minimum atomic E-state index is -0.161. The van der Waals surface area contributed by atoms with Crippen molar-refractivity contribution in [3.05, 3.63) is 59.7 Å². The van der Waals surface area contributed by atoms with E-state index in [-0.39, 0.29) is 17.4 Å². The maximum absolute atomic E-state index is 12.7. The summed E-state index contributed by atoms with van der Waals surface area (Å²) in [6, 6.07) is 16.7. The van der Waals surface area contributed by atoms with Crippen LogP contribution in [-0.2, 0) is 11.3 Å². The molecule has 2 aromatic rings. The van der Waals surface area contributed by atoms with Gasteiger partial charge in [-0.1, -0.05) is 30.3 Å². The quantitative estimate of drug-likeness (QED) is 0.697. The molecule has 170 valence electrons. The zero-order chi connectivity index (χ0) is 22.0. The van der Waals surface area contributed by atoms with E-state index in [1.807, 2.05) is 18.2 Å². The van der Waals surface area contributed by atoms with Crippen LogP contribution in [0.5, 0.6) is 11.5 Å². The van der Waals surface area contributed by atoms with Gasteiger partial charge in [-0.15, -0.1) is 0 Å². The average Bonchev–Trinajstić information content (AvgIpc) is 3.65. The van der Waals surface area contributed by atoms with Gasteiger partial charge in [0, 0.05) is 38.5 Å². The summed E-state index contributed by atoms with van der Waals surface area (Å²) in [6.07, 6.45) is 6.00. The van der Waals surface area contributed by atoms with Gasteiger partial charge >= 0.3 is 0 Å². The Morgan fingerprint density at radius 1 is 1.12 bits per heavy atom. The molecule has 5 nitrogen and oxygen atoms in total. The van der Waals surface area contributed by atoms with Gasteiger partial charge in [0.25, 0.3) is 0 Å². The number of methoxy groups -OCH3 is 1. The predicted molar refractivity (Wildman–Crippen MR) is 125 cm³/mol. The van der Waals surface area contributed by atoms with E-state index < -0.39 is 0 Å². The van der Waals surface area contributed by atoms with Gasteiger partial charge in [0.05, 0.1) is 7.11 Å². The molecular formula is C27H34N2O3. The predicted octanol–water partition coefficient (Wildman–Crippen LogP) is 4.51. The number of hydrogen-bond acceptors (Lipinski definition) is 4.